The summed E-state index contributed by atoms with van der Waals surface area (Å²) < 4.78 is 8.36. The molecule has 0 saturated carbocycles. The zero-order valence-electron chi connectivity index (χ0n) is 22.8. The summed E-state index contributed by atoms with van der Waals surface area (Å²) in [6.07, 6.45) is 2.57. The third-order valence-corrected chi connectivity index (χ3v) is 7.94. The number of benzene rings is 2. The molecule has 216 valence electrons. The van der Waals surface area contributed by atoms with E-state index in [1.54, 1.807) is 39.8 Å². The highest BCUT2D eigenvalue weighted by atomic mass is 35.5. The van der Waals surface area contributed by atoms with Gasteiger partial charge in [0.25, 0.3) is 11.5 Å². The molecule has 2 fully saturated rings. The van der Waals surface area contributed by atoms with Gasteiger partial charge in [0.1, 0.15) is 11.5 Å². The summed E-state index contributed by atoms with van der Waals surface area (Å²) in [5.74, 6) is -0.101. The number of ether oxygens (including phenoxy) is 1. The predicted octanol–water partition coefficient (Wildman–Crippen LogP) is 4.16. The summed E-state index contributed by atoms with van der Waals surface area (Å²) in [7, 11) is 0. The van der Waals surface area contributed by atoms with E-state index in [0.717, 1.165) is 25.4 Å². The Kier molecular flexibility index (Phi) is 9.11. The van der Waals surface area contributed by atoms with Gasteiger partial charge in [-0.05, 0) is 62.2 Å². The zero-order valence-corrected chi connectivity index (χ0v) is 24.3. The molecule has 2 saturated heterocycles. The second-order valence-corrected chi connectivity index (χ2v) is 11.3. The molecular formula is C30H33Cl2N5O4. The monoisotopic (exact) mass is 597 g/mol. The molecule has 2 aromatic heterocycles. The van der Waals surface area contributed by atoms with Crippen LogP contribution < -0.4 is 10.9 Å². The van der Waals surface area contributed by atoms with E-state index < -0.39 is 5.60 Å². The average Bonchev–Trinajstić information content (AvgIpc) is 3.33. The Bertz CT molecular complexity index is 1540. The van der Waals surface area contributed by atoms with Crippen molar-refractivity contribution in [2.75, 3.05) is 32.8 Å². The lowest BCUT2D eigenvalue weighted by atomic mass is 9.91. The molecule has 2 N–H and O–H groups in total. The van der Waals surface area contributed by atoms with Crippen LogP contribution in [0, 0.1) is 0 Å². The molecule has 1 amide bonds. The summed E-state index contributed by atoms with van der Waals surface area (Å²) in [6, 6.07) is 17.8. The Morgan fingerprint density at radius 1 is 1.12 bits per heavy atom. The topological polar surface area (TPSA) is 102 Å². The second kappa shape index (κ2) is 12.8. The number of amides is 1. The minimum absolute atomic E-state index is 0.0892. The maximum Gasteiger partial charge on any atom is 0.262 e. The van der Waals surface area contributed by atoms with E-state index in [-0.39, 0.29) is 18.0 Å². The summed E-state index contributed by atoms with van der Waals surface area (Å²) in [4.78, 5) is 32.1. The first-order chi connectivity index (χ1) is 19.7. The second-order valence-electron chi connectivity index (χ2n) is 10.5. The van der Waals surface area contributed by atoms with Gasteiger partial charge in [-0.3, -0.25) is 18.7 Å². The standard InChI is InChI=1S/C25H22Cl2N4O3.C5H11NO/c26-18-8-6-17(7-9-18)23(32)29-12-10-25(34,11-13-29)15-30-16-28-22-20(24(30)33)14-21(27)31(22)19-4-2-1-3-5-19;1-5-4-6-2-3-7-5/h1-9,14,16,34H,10-13,15H2;5-6H,2-4H2,1H3. The van der Waals surface area contributed by atoms with Crippen molar-refractivity contribution < 1.29 is 14.6 Å². The third kappa shape index (κ3) is 6.82. The number of nitrogens with zero attached hydrogens (tertiary/aromatic N) is 4. The van der Waals surface area contributed by atoms with Crippen LogP contribution in [-0.2, 0) is 11.3 Å². The van der Waals surface area contributed by atoms with E-state index in [0.29, 0.717) is 58.8 Å². The first kappa shape index (κ1) is 29.3. The maximum atomic E-state index is 13.2. The zero-order chi connectivity index (χ0) is 29.0. The molecule has 2 aliphatic heterocycles. The minimum Gasteiger partial charge on any atom is -0.388 e. The summed E-state index contributed by atoms with van der Waals surface area (Å²) in [5.41, 5.74) is 0.438. The minimum atomic E-state index is -1.12. The molecule has 6 rings (SSSR count). The number of hydrogen-bond donors (Lipinski definition) is 2. The van der Waals surface area contributed by atoms with Crippen molar-refractivity contribution >= 4 is 40.1 Å². The molecule has 9 nitrogen and oxygen atoms in total. The van der Waals surface area contributed by atoms with Crippen molar-refractivity contribution in [1.29, 1.82) is 0 Å². The number of aromatic nitrogens is 3. The molecule has 2 aliphatic rings. The number of fused-ring (bicyclic) bond motifs is 1. The van der Waals surface area contributed by atoms with Gasteiger partial charge in [0, 0.05) is 42.5 Å². The van der Waals surface area contributed by atoms with Gasteiger partial charge >= 0.3 is 0 Å². The molecule has 11 heteroatoms. The first-order valence-electron chi connectivity index (χ1n) is 13.7. The summed E-state index contributed by atoms with van der Waals surface area (Å²) >= 11 is 12.3. The van der Waals surface area contributed by atoms with Crippen molar-refractivity contribution in [2.45, 2.75) is 38.0 Å². The van der Waals surface area contributed by atoms with Crippen LogP contribution in [0.4, 0.5) is 0 Å². The van der Waals surface area contributed by atoms with Crippen LogP contribution in [0.25, 0.3) is 16.7 Å². The molecule has 1 atom stereocenters. The highest BCUT2D eigenvalue weighted by Crippen LogP contribution is 2.27. The van der Waals surface area contributed by atoms with Crippen molar-refractivity contribution in [3.8, 4) is 5.69 Å². The van der Waals surface area contributed by atoms with Crippen molar-refractivity contribution in [3.63, 3.8) is 0 Å². The van der Waals surface area contributed by atoms with E-state index in [9.17, 15) is 14.7 Å². The van der Waals surface area contributed by atoms with Gasteiger partial charge in [-0.1, -0.05) is 41.4 Å². The fraction of sp³-hybridized carbons (Fsp3) is 0.367. The molecule has 0 radical (unpaired) electrons. The molecular weight excluding hydrogens is 565 g/mol. The number of carbonyl (C=O) groups excluding carboxylic acids is 1. The number of carbonyl (C=O) groups is 1. The van der Waals surface area contributed by atoms with Crippen molar-refractivity contribution in [1.82, 2.24) is 24.3 Å². The normalized spacial score (nSPS) is 18.5. The van der Waals surface area contributed by atoms with Crippen LogP contribution in [0.2, 0.25) is 10.2 Å². The summed E-state index contributed by atoms with van der Waals surface area (Å²) in [5, 5.41) is 15.7. The van der Waals surface area contributed by atoms with Crippen LogP contribution in [0.1, 0.15) is 30.1 Å². The van der Waals surface area contributed by atoms with E-state index in [1.807, 2.05) is 30.3 Å². The number of piperidine rings is 1. The SMILES string of the molecule is CC1CNCCO1.O=C(c1ccc(Cl)cc1)N1CCC(O)(Cn2cnc3c(cc(Cl)n3-c3ccccc3)c2=O)CC1. The molecule has 0 spiro atoms. The Morgan fingerprint density at radius 2 is 1.83 bits per heavy atom. The Balaban J connectivity index is 0.000000423. The van der Waals surface area contributed by atoms with Gasteiger partial charge in [-0.2, -0.15) is 0 Å². The Hall–Kier alpha value is -3.21. The van der Waals surface area contributed by atoms with E-state index in [1.165, 1.54) is 10.9 Å². The van der Waals surface area contributed by atoms with Gasteiger partial charge in [-0.25, -0.2) is 4.98 Å². The number of para-hydroxylation sites is 1. The molecule has 0 aliphatic carbocycles. The Labute approximate surface area is 248 Å². The number of nitrogens with one attached hydrogen (secondary N) is 1. The molecule has 1 unspecified atom stereocenters. The van der Waals surface area contributed by atoms with Gasteiger partial charge in [0.05, 0.1) is 30.2 Å². The van der Waals surface area contributed by atoms with Crippen LogP contribution in [0.15, 0.2) is 71.8 Å². The molecule has 4 heterocycles. The number of rotatable bonds is 4. The molecule has 0 bridgehead atoms. The van der Waals surface area contributed by atoms with E-state index in [2.05, 4.69) is 17.2 Å². The summed E-state index contributed by atoms with van der Waals surface area (Å²) in [6.45, 7) is 5.85. The fourth-order valence-electron chi connectivity index (χ4n) is 5.09. The highest BCUT2D eigenvalue weighted by molar-refractivity contribution is 6.31. The van der Waals surface area contributed by atoms with Gasteiger partial charge in [-0.15, -0.1) is 0 Å². The smallest absolute Gasteiger partial charge is 0.262 e. The van der Waals surface area contributed by atoms with E-state index >= 15 is 0 Å². The van der Waals surface area contributed by atoms with Crippen molar-refractivity contribution in [3.05, 3.63) is 93.1 Å². The molecule has 41 heavy (non-hydrogen) atoms. The first-order valence-corrected chi connectivity index (χ1v) is 14.4. The average molecular weight is 599 g/mol. The third-order valence-electron chi connectivity index (χ3n) is 7.41. The lowest BCUT2D eigenvalue weighted by molar-refractivity contribution is -0.0299. The van der Waals surface area contributed by atoms with Crippen LogP contribution in [0.3, 0.4) is 0 Å². The van der Waals surface area contributed by atoms with Gasteiger partial charge in [0.2, 0.25) is 0 Å². The van der Waals surface area contributed by atoms with Gasteiger partial charge in [0.15, 0.2) is 5.65 Å². The predicted molar refractivity (Wildman–Crippen MR) is 160 cm³/mol. The Morgan fingerprint density at radius 3 is 2.44 bits per heavy atom. The molecule has 4 aromatic rings. The van der Waals surface area contributed by atoms with Crippen LogP contribution in [-0.4, -0.2) is 74.5 Å². The number of halogens is 2. The van der Waals surface area contributed by atoms with Crippen molar-refractivity contribution in [2.24, 2.45) is 0 Å². The highest BCUT2D eigenvalue weighted by Gasteiger charge is 2.35. The maximum absolute atomic E-state index is 13.2. The quantitative estimate of drug-likeness (QED) is 0.366. The van der Waals surface area contributed by atoms with Crippen LogP contribution in [0.5, 0.6) is 0 Å². The van der Waals surface area contributed by atoms with Crippen LogP contribution >= 0.6 is 23.2 Å². The molecule has 2 aromatic carbocycles. The largest absolute Gasteiger partial charge is 0.388 e. The van der Waals surface area contributed by atoms with Gasteiger partial charge < -0.3 is 20.1 Å². The number of aliphatic hydroxyl groups is 1. The fourth-order valence-corrected chi connectivity index (χ4v) is 5.51. The number of likely N-dealkylation sites (tertiary alicyclic amines) is 1. The number of hydrogen-bond acceptors (Lipinski definition) is 6. The number of morpholine rings is 1. The lowest BCUT2D eigenvalue weighted by Gasteiger charge is -2.38. The van der Waals surface area contributed by atoms with E-state index in [4.69, 9.17) is 27.9 Å². The lowest BCUT2D eigenvalue weighted by Crippen LogP contribution is -2.49.